The summed E-state index contributed by atoms with van der Waals surface area (Å²) in [5.41, 5.74) is 7.02. The molecule has 74 valence electrons. The van der Waals surface area contributed by atoms with Gasteiger partial charge in [0.2, 0.25) is 5.91 Å². The van der Waals surface area contributed by atoms with Gasteiger partial charge in [-0.3, -0.25) is 14.4 Å². The van der Waals surface area contributed by atoms with Crippen molar-refractivity contribution < 1.29 is 14.4 Å². The Morgan fingerprint density at radius 2 is 2.07 bits per heavy atom. The molecule has 3 N–H and O–H groups in total. The van der Waals surface area contributed by atoms with Crippen LogP contribution in [-0.4, -0.2) is 28.4 Å². The first kappa shape index (κ1) is 10.1. The summed E-state index contributed by atoms with van der Waals surface area (Å²) in [6.45, 7) is -0.376. The molecule has 2 amide bonds. The van der Waals surface area contributed by atoms with Crippen LogP contribution in [0.1, 0.15) is 10.4 Å². The predicted molar refractivity (Wildman–Crippen MR) is 44.6 cm³/mol. The van der Waals surface area contributed by atoms with Crippen LogP contribution in [0, 0.1) is 0 Å². The zero-order valence-electron chi connectivity index (χ0n) is 7.14. The summed E-state index contributed by atoms with van der Waals surface area (Å²) in [7, 11) is 0. The molecule has 14 heavy (non-hydrogen) atoms. The van der Waals surface area contributed by atoms with Gasteiger partial charge in [-0.2, -0.15) is 0 Å². The molecule has 0 fully saturated rings. The number of hydrogen-bond donors (Lipinski definition) is 2. The molecule has 0 spiro atoms. The lowest BCUT2D eigenvalue weighted by atomic mass is 10.3. The van der Waals surface area contributed by atoms with Crippen molar-refractivity contribution >= 4 is 11.8 Å². The Morgan fingerprint density at radius 3 is 2.64 bits per heavy atom. The molecule has 0 aliphatic carbocycles. The molecule has 0 aliphatic rings. The fraction of sp³-hybridized carbons (Fsp3) is 0.143. The number of rotatable bonds is 4. The lowest BCUT2D eigenvalue weighted by Crippen LogP contribution is -2.29. The first-order chi connectivity index (χ1) is 6.70. The van der Waals surface area contributed by atoms with Gasteiger partial charge in [-0.1, -0.05) is 0 Å². The number of carbonyl (C=O) groups excluding carboxylic acids is 2. The minimum Gasteiger partial charge on any atom is -0.368 e. The molecule has 1 aromatic heterocycles. The lowest BCUT2D eigenvalue weighted by Gasteiger charge is -2.02. The van der Waals surface area contributed by atoms with Crippen LogP contribution in [0.25, 0.3) is 0 Å². The van der Waals surface area contributed by atoms with Gasteiger partial charge < -0.3 is 5.73 Å². The number of aromatic nitrogens is 2. The number of nitrogens with two attached hydrogens (primary N) is 1. The summed E-state index contributed by atoms with van der Waals surface area (Å²) in [6, 6.07) is 0. The van der Waals surface area contributed by atoms with Gasteiger partial charge in [0, 0.05) is 12.4 Å². The van der Waals surface area contributed by atoms with E-state index in [9.17, 15) is 9.59 Å². The lowest BCUT2D eigenvalue weighted by molar-refractivity contribution is -0.124. The molecule has 1 aromatic rings. The molecular formula is C7H8N4O3. The maximum atomic E-state index is 11.2. The van der Waals surface area contributed by atoms with Crippen LogP contribution in [0.2, 0.25) is 0 Å². The number of primary amides is 1. The van der Waals surface area contributed by atoms with Crippen LogP contribution in [0.5, 0.6) is 0 Å². The van der Waals surface area contributed by atoms with Gasteiger partial charge in [0.25, 0.3) is 5.91 Å². The Bertz CT molecular complexity index is 327. The maximum absolute atomic E-state index is 11.2. The van der Waals surface area contributed by atoms with Crippen molar-refractivity contribution in [2.75, 3.05) is 6.61 Å². The van der Waals surface area contributed by atoms with E-state index in [2.05, 4.69) is 14.8 Å². The van der Waals surface area contributed by atoms with Crippen molar-refractivity contribution in [1.29, 1.82) is 0 Å². The fourth-order valence-electron chi connectivity index (χ4n) is 0.648. The molecule has 0 aliphatic heterocycles. The third-order valence-corrected chi connectivity index (χ3v) is 1.20. The molecule has 7 nitrogen and oxygen atoms in total. The average Bonchev–Trinajstić information content (AvgIpc) is 2.18. The highest BCUT2D eigenvalue weighted by Crippen LogP contribution is 1.91. The van der Waals surface area contributed by atoms with E-state index in [-0.39, 0.29) is 12.2 Å². The van der Waals surface area contributed by atoms with Crippen LogP contribution >= 0.6 is 0 Å². The summed E-state index contributed by atoms with van der Waals surface area (Å²) < 4.78 is 0. The average molecular weight is 196 g/mol. The summed E-state index contributed by atoms with van der Waals surface area (Å²) in [6.07, 6.45) is 3.92. The van der Waals surface area contributed by atoms with Crippen molar-refractivity contribution in [2.45, 2.75) is 0 Å². The number of amides is 2. The summed E-state index contributed by atoms with van der Waals surface area (Å²) in [5.74, 6) is -1.21. The smallest absolute Gasteiger partial charge is 0.277 e. The number of nitrogens with zero attached hydrogens (tertiary/aromatic N) is 2. The SMILES string of the molecule is NC(=O)CONC(=O)c1cncnc1. The van der Waals surface area contributed by atoms with E-state index in [0.29, 0.717) is 0 Å². The standard InChI is InChI=1S/C7H8N4O3/c8-6(12)3-14-11-7(13)5-1-9-4-10-2-5/h1-2,4H,3H2,(H2,8,12)(H,11,13). The third kappa shape index (κ3) is 3.15. The first-order valence-electron chi connectivity index (χ1n) is 3.65. The maximum Gasteiger partial charge on any atom is 0.277 e. The van der Waals surface area contributed by atoms with Crippen molar-refractivity contribution in [1.82, 2.24) is 15.4 Å². The number of hydroxylamine groups is 1. The van der Waals surface area contributed by atoms with E-state index in [1.54, 1.807) is 0 Å². The quantitative estimate of drug-likeness (QED) is 0.577. The van der Waals surface area contributed by atoms with E-state index < -0.39 is 11.8 Å². The minimum atomic E-state index is -0.672. The largest absolute Gasteiger partial charge is 0.368 e. The highest BCUT2D eigenvalue weighted by Gasteiger charge is 2.05. The molecular weight excluding hydrogens is 188 g/mol. The summed E-state index contributed by atoms with van der Waals surface area (Å²) >= 11 is 0. The summed E-state index contributed by atoms with van der Waals surface area (Å²) in [5, 5.41) is 0. The van der Waals surface area contributed by atoms with E-state index in [4.69, 9.17) is 5.73 Å². The molecule has 0 bridgehead atoms. The molecule has 0 aromatic carbocycles. The molecule has 7 heteroatoms. The van der Waals surface area contributed by atoms with Gasteiger partial charge in [-0.05, 0) is 0 Å². The van der Waals surface area contributed by atoms with Gasteiger partial charge in [-0.15, -0.1) is 0 Å². The highest BCUT2D eigenvalue weighted by atomic mass is 16.7. The molecule has 0 atom stereocenters. The van der Waals surface area contributed by atoms with Gasteiger partial charge in [0.1, 0.15) is 6.33 Å². The number of hydrogen-bond acceptors (Lipinski definition) is 5. The monoisotopic (exact) mass is 196 g/mol. The van der Waals surface area contributed by atoms with Crippen molar-refractivity contribution in [3.63, 3.8) is 0 Å². The fourth-order valence-corrected chi connectivity index (χ4v) is 0.648. The van der Waals surface area contributed by atoms with Crippen LogP contribution < -0.4 is 11.2 Å². The Balaban J connectivity index is 2.40. The van der Waals surface area contributed by atoms with Crippen molar-refractivity contribution in [3.8, 4) is 0 Å². The zero-order valence-corrected chi connectivity index (χ0v) is 7.14. The third-order valence-electron chi connectivity index (χ3n) is 1.20. The second-order valence-electron chi connectivity index (χ2n) is 2.31. The Labute approximate surface area is 79.2 Å². The molecule has 0 saturated heterocycles. The van der Waals surface area contributed by atoms with Crippen LogP contribution in [0.4, 0.5) is 0 Å². The van der Waals surface area contributed by atoms with Gasteiger partial charge >= 0.3 is 0 Å². The Morgan fingerprint density at radius 1 is 1.43 bits per heavy atom. The zero-order chi connectivity index (χ0) is 10.4. The number of carbonyl (C=O) groups is 2. The van der Waals surface area contributed by atoms with Crippen LogP contribution in [0.3, 0.4) is 0 Å². The molecule has 0 radical (unpaired) electrons. The van der Waals surface area contributed by atoms with Crippen molar-refractivity contribution in [2.24, 2.45) is 5.73 Å². The molecule has 0 unspecified atom stereocenters. The molecule has 1 rings (SSSR count). The van der Waals surface area contributed by atoms with Gasteiger partial charge in [-0.25, -0.2) is 15.4 Å². The minimum absolute atomic E-state index is 0.233. The summed E-state index contributed by atoms with van der Waals surface area (Å²) in [4.78, 5) is 33.1. The highest BCUT2D eigenvalue weighted by molar-refractivity contribution is 5.92. The number of nitrogens with one attached hydrogen (secondary N) is 1. The second kappa shape index (κ2) is 4.87. The van der Waals surface area contributed by atoms with Gasteiger partial charge in [0.15, 0.2) is 6.61 Å². The molecule has 1 heterocycles. The predicted octanol–water partition coefficient (Wildman–Crippen LogP) is -1.38. The topological polar surface area (TPSA) is 107 Å². The Kier molecular flexibility index (Phi) is 3.50. The van der Waals surface area contributed by atoms with Crippen molar-refractivity contribution in [3.05, 3.63) is 24.3 Å². The normalized spacial score (nSPS) is 9.43. The van der Waals surface area contributed by atoms with E-state index >= 15 is 0 Å². The first-order valence-corrected chi connectivity index (χ1v) is 3.65. The Hall–Kier alpha value is -2.02. The van der Waals surface area contributed by atoms with Crippen LogP contribution in [0.15, 0.2) is 18.7 Å². The van der Waals surface area contributed by atoms with E-state index in [1.807, 2.05) is 5.48 Å². The molecule has 0 saturated carbocycles. The van der Waals surface area contributed by atoms with E-state index in [0.717, 1.165) is 0 Å². The second-order valence-corrected chi connectivity index (χ2v) is 2.31. The van der Waals surface area contributed by atoms with E-state index in [1.165, 1.54) is 18.7 Å². The van der Waals surface area contributed by atoms with Crippen LogP contribution in [-0.2, 0) is 9.63 Å². The van der Waals surface area contributed by atoms with Gasteiger partial charge in [0.05, 0.1) is 5.56 Å².